The van der Waals surface area contributed by atoms with E-state index >= 15 is 0 Å². The first-order chi connectivity index (χ1) is 17.7. The van der Waals surface area contributed by atoms with Gasteiger partial charge < -0.3 is 13.9 Å². The zero-order chi connectivity index (χ0) is 26.2. The van der Waals surface area contributed by atoms with Gasteiger partial charge in [-0.2, -0.15) is 0 Å². The molecule has 8 nitrogen and oxygen atoms in total. The van der Waals surface area contributed by atoms with Crippen LogP contribution in [0.25, 0.3) is 22.4 Å². The van der Waals surface area contributed by atoms with Crippen LogP contribution in [0.3, 0.4) is 0 Å². The maximum atomic E-state index is 13.0. The number of hydrogen-bond donors (Lipinski definition) is 2. The first-order valence-electron chi connectivity index (χ1n) is 11.7. The minimum Gasteiger partial charge on any atom is -0.478 e. The summed E-state index contributed by atoms with van der Waals surface area (Å²) in [7, 11) is -4.00. The van der Waals surface area contributed by atoms with Crippen LogP contribution in [0.15, 0.2) is 86.5 Å². The Kier molecular flexibility index (Phi) is 6.31. The molecule has 3 aromatic carbocycles. The van der Waals surface area contributed by atoms with Crippen molar-refractivity contribution in [1.82, 2.24) is 4.98 Å². The van der Waals surface area contributed by atoms with E-state index in [4.69, 9.17) is 8.83 Å². The smallest absolute Gasteiger partial charge is 0.336 e. The molecule has 0 saturated carbocycles. The van der Waals surface area contributed by atoms with Crippen molar-refractivity contribution in [3.05, 3.63) is 101 Å². The fourth-order valence-corrected chi connectivity index (χ4v) is 5.23. The van der Waals surface area contributed by atoms with Crippen LogP contribution < -0.4 is 4.72 Å². The average molecular weight is 517 g/mol. The van der Waals surface area contributed by atoms with Gasteiger partial charge in [-0.05, 0) is 67.4 Å². The van der Waals surface area contributed by atoms with Crippen LogP contribution in [0.4, 0.5) is 5.69 Å². The second-order valence-electron chi connectivity index (χ2n) is 8.61. The lowest BCUT2D eigenvalue weighted by atomic mass is 10.1. The number of benzene rings is 3. The zero-order valence-corrected chi connectivity index (χ0v) is 21.0. The number of sulfonamides is 1. The number of anilines is 1. The van der Waals surface area contributed by atoms with E-state index in [0.717, 1.165) is 11.3 Å². The zero-order valence-electron chi connectivity index (χ0n) is 20.2. The lowest BCUT2D eigenvalue weighted by molar-refractivity contribution is 0.0695. The molecule has 0 atom stereocenters. The predicted molar refractivity (Wildman–Crippen MR) is 139 cm³/mol. The van der Waals surface area contributed by atoms with Crippen molar-refractivity contribution in [3.8, 4) is 11.5 Å². The summed E-state index contributed by atoms with van der Waals surface area (Å²) in [5.41, 5.74) is 3.11. The number of hydrogen-bond acceptors (Lipinski definition) is 6. The molecule has 2 aromatic heterocycles. The van der Waals surface area contributed by atoms with E-state index in [1.54, 1.807) is 18.2 Å². The fourth-order valence-electron chi connectivity index (χ4n) is 4.15. The van der Waals surface area contributed by atoms with Crippen LogP contribution >= 0.6 is 0 Å². The molecule has 188 valence electrons. The number of aromatic carboxylic acids is 1. The summed E-state index contributed by atoms with van der Waals surface area (Å²) in [6, 6.07) is 20.5. The van der Waals surface area contributed by atoms with Gasteiger partial charge in [0.2, 0.25) is 5.89 Å². The molecule has 5 aromatic rings. The number of aromatic nitrogens is 1. The Morgan fingerprint density at radius 3 is 2.51 bits per heavy atom. The highest BCUT2D eigenvalue weighted by atomic mass is 32.2. The van der Waals surface area contributed by atoms with Gasteiger partial charge >= 0.3 is 5.97 Å². The van der Waals surface area contributed by atoms with Gasteiger partial charge in [0.05, 0.1) is 22.6 Å². The Morgan fingerprint density at radius 1 is 1.00 bits per heavy atom. The molecule has 0 unspecified atom stereocenters. The van der Waals surface area contributed by atoms with Crippen molar-refractivity contribution in [2.24, 2.45) is 0 Å². The molecule has 0 spiro atoms. The third-order valence-corrected chi connectivity index (χ3v) is 7.46. The molecule has 0 amide bonds. The molecule has 0 aliphatic carbocycles. The van der Waals surface area contributed by atoms with E-state index < -0.39 is 16.0 Å². The number of fused-ring (bicyclic) bond motifs is 1. The molecule has 0 saturated heterocycles. The number of rotatable bonds is 8. The van der Waals surface area contributed by atoms with Gasteiger partial charge in [0, 0.05) is 16.6 Å². The molecular formula is C28H24N2O6S. The molecule has 0 aliphatic rings. The molecule has 9 heteroatoms. The molecule has 37 heavy (non-hydrogen) atoms. The monoisotopic (exact) mass is 516 g/mol. The Balaban J connectivity index is 1.38. The minimum absolute atomic E-state index is 0.0288. The van der Waals surface area contributed by atoms with E-state index in [-0.39, 0.29) is 10.5 Å². The van der Waals surface area contributed by atoms with E-state index in [9.17, 15) is 18.3 Å². The number of aryl methyl sites for hydroxylation is 2. The quantitative estimate of drug-likeness (QED) is 0.257. The van der Waals surface area contributed by atoms with Gasteiger partial charge in [-0.1, -0.05) is 31.2 Å². The van der Waals surface area contributed by atoms with Crippen molar-refractivity contribution >= 4 is 32.6 Å². The van der Waals surface area contributed by atoms with Crippen molar-refractivity contribution < 1.29 is 27.2 Å². The number of carbonyl (C=O) groups is 1. The summed E-state index contributed by atoms with van der Waals surface area (Å²) in [5.74, 6) is 0.730. The standard InChI is InChI=1S/C28H24N2O6S/c1-3-18-9-11-23(16-24(18)28(31)32)37(33,34)30-21-10-12-26-20(13-21)14-22(36-26)15-25-17(2)35-27(29-25)19-7-5-4-6-8-19/h4-14,16,30H,3,15H2,1-2H3,(H,31,32). The summed E-state index contributed by atoms with van der Waals surface area (Å²) in [6.07, 6.45) is 0.899. The Bertz CT molecular complexity index is 1720. The first-order valence-corrected chi connectivity index (χ1v) is 13.1. The second kappa shape index (κ2) is 9.59. The summed E-state index contributed by atoms with van der Waals surface area (Å²) in [5, 5.41) is 10.2. The van der Waals surface area contributed by atoms with E-state index in [2.05, 4.69) is 9.71 Å². The molecular weight excluding hydrogens is 492 g/mol. The second-order valence-corrected chi connectivity index (χ2v) is 10.3. The van der Waals surface area contributed by atoms with Crippen molar-refractivity contribution in [3.63, 3.8) is 0 Å². The van der Waals surface area contributed by atoms with Crippen LogP contribution in [-0.2, 0) is 22.9 Å². The maximum absolute atomic E-state index is 13.0. The topological polar surface area (TPSA) is 123 Å². The summed E-state index contributed by atoms with van der Waals surface area (Å²) in [4.78, 5) is 16.1. The van der Waals surface area contributed by atoms with Crippen molar-refractivity contribution in [2.75, 3.05) is 4.72 Å². The van der Waals surface area contributed by atoms with Gasteiger partial charge in [-0.3, -0.25) is 4.72 Å². The van der Waals surface area contributed by atoms with Crippen LogP contribution in [0.2, 0.25) is 0 Å². The lowest BCUT2D eigenvalue weighted by Crippen LogP contribution is -2.14. The van der Waals surface area contributed by atoms with Gasteiger partial charge in [-0.25, -0.2) is 18.2 Å². The van der Waals surface area contributed by atoms with E-state index in [1.807, 2.05) is 50.2 Å². The van der Waals surface area contributed by atoms with Gasteiger partial charge in [0.15, 0.2) is 0 Å². The number of furan rings is 1. The largest absolute Gasteiger partial charge is 0.478 e. The molecule has 0 aliphatic heterocycles. The highest BCUT2D eigenvalue weighted by Gasteiger charge is 2.20. The normalized spacial score (nSPS) is 11.6. The number of carboxylic acids is 1. The summed E-state index contributed by atoms with van der Waals surface area (Å²) >= 11 is 0. The average Bonchev–Trinajstić information content (AvgIpc) is 3.46. The highest BCUT2D eigenvalue weighted by Crippen LogP contribution is 2.28. The predicted octanol–water partition coefficient (Wildman–Crippen LogP) is 6.05. The van der Waals surface area contributed by atoms with Gasteiger partial charge in [-0.15, -0.1) is 0 Å². The lowest BCUT2D eigenvalue weighted by Gasteiger charge is -2.10. The third-order valence-electron chi connectivity index (χ3n) is 6.08. The molecule has 0 radical (unpaired) electrons. The van der Waals surface area contributed by atoms with Crippen LogP contribution in [-0.4, -0.2) is 24.5 Å². The van der Waals surface area contributed by atoms with Crippen molar-refractivity contribution in [1.29, 1.82) is 0 Å². The molecule has 2 N–H and O–H groups in total. The van der Waals surface area contributed by atoms with Gasteiger partial charge in [0.25, 0.3) is 10.0 Å². The van der Waals surface area contributed by atoms with Crippen LogP contribution in [0, 0.1) is 6.92 Å². The minimum atomic E-state index is -4.00. The highest BCUT2D eigenvalue weighted by molar-refractivity contribution is 7.92. The van der Waals surface area contributed by atoms with Crippen molar-refractivity contribution in [2.45, 2.75) is 31.6 Å². The third kappa shape index (κ3) is 4.99. The van der Waals surface area contributed by atoms with E-state index in [0.29, 0.717) is 52.5 Å². The number of nitrogens with zero attached hydrogens (tertiary/aromatic N) is 1. The Morgan fingerprint density at radius 2 is 1.78 bits per heavy atom. The molecule has 0 fully saturated rings. The fraction of sp³-hybridized carbons (Fsp3) is 0.143. The summed E-state index contributed by atoms with van der Waals surface area (Å²) < 4.78 is 40.3. The Labute approximate surface area is 213 Å². The first kappa shape index (κ1) is 24.3. The molecule has 5 rings (SSSR count). The Hall–Kier alpha value is -4.37. The number of carboxylic acid groups (broad SMARTS) is 1. The number of oxazole rings is 1. The van der Waals surface area contributed by atoms with Crippen LogP contribution in [0.5, 0.6) is 0 Å². The SMILES string of the molecule is CCc1ccc(S(=O)(=O)Nc2ccc3oc(Cc4nc(-c5ccccc5)oc4C)cc3c2)cc1C(=O)O. The van der Waals surface area contributed by atoms with E-state index in [1.165, 1.54) is 18.2 Å². The van der Waals surface area contributed by atoms with Crippen LogP contribution in [0.1, 0.15) is 40.1 Å². The number of nitrogens with one attached hydrogen (secondary N) is 1. The maximum Gasteiger partial charge on any atom is 0.336 e. The molecule has 2 heterocycles. The summed E-state index contributed by atoms with van der Waals surface area (Å²) in [6.45, 7) is 3.67. The molecule has 0 bridgehead atoms. The van der Waals surface area contributed by atoms with Gasteiger partial charge in [0.1, 0.15) is 17.1 Å².